The molecule has 0 amide bonds. The van der Waals surface area contributed by atoms with E-state index in [9.17, 15) is 10.4 Å². The zero-order valence-corrected chi connectivity index (χ0v) is 10.8. The van der Waals surface area contributed by atoms with Crippen molar-refractivity contribution in [3.63, 3.8) is 0 Å². The predicted octanol–water partition coefficient (Wildman–Crippen LogP) is 3.47. The minimum atomic E-state index is -0.927. The summed E-state index contributed by atoms with van der Waals surface area (Å²) >= 11 is 0. The molecule has 2 atom stereocenters. The number of fused-ring (bicyclic) bond motifs is 1. The lowest BCUT2D eigenvalue weighted by atomic mass is 9.53. The molecule has 1 aromatic rings. The molecule has 1 N–H and O–H groups in total. The Hall–Kier alpha value is -1.33. The second-order valence-electron chi connectivity index (χ2n) is 5.93. The van der Waals surface area contributed by atoms with E-state index >= 15 is 0 Å². The van der Waals surface area contributed by atoms with Crippen LogP contribution in [0.2, 0.25) is 0 Å². The Morgan fingerprint density at radius 2 is 2.00 bits per heavy atom. The lowest BCUT2D eigenvalue weighted by Crippen LogP contribution is -2.51. The van der Waals surface area contributed by atoms with E-state index in [1.165, 1.54) is 5.56 Å². The second kappa shape index (κ2) is 3.83. The highest BCUT2D eigenvalue weighted by Crippen LogP contribution is 2.58. The number of nitriles is 1. The van der Waals surface area contributed by atoms with Gasteiger partial charge in [0.05, 0.1) is 11.5 Å². The van der Waals surface area contributed by atoms with Crippen molar-refractivity contribution in [2.75, 3.05) is 0 Å². The molecule has 0 bridgehead atoms. The fourth-order valence-corrected chi connectivity index (χ4v) is 3.66. The van der Waals surface area contributed by atoms with Crippen LogP contribution in [0.4, 0.5) is 0 Å². The van der Waals surface area contributed by atoms with Gasteiger partial charge < -0.3 is 5.11 Å². The Kier molecular flexibility index (Phi) is 2.50. The van der Waals surface area contributed by atoms with Gasteiger partial charge in [-0.3, -0.25) is 0 Å². The van der Waals surface area contributed by atoms with E-state index in [4.69, 9.17) is 0 Å². The van der Waals surface area contributed by atoms with Crippen molar-refractivity contribution < 1.29 is 5.11 Å². The van der Waals surface area contributed by atoms with Crippen molar-refractivity contribution in [2.45, 2.75) is 50.5 Å². The molecule has 2 heteroatoms. The molecule has 0 saturated heterocycles. The highest BCUT2D eigenvalue weighted by Gasteiger charge is 2.57. The molecule has 2 aliphatic carbocycles. The van der Waals surface area contributed by atoms with Crippen LogP contribution < -0.4 is 0 Å². The van der Waals surface area contributed by atoms with Crippen LogP contribution in [-0.2, 0) is 5.60 Å². The van der Waals surface area contributed by atoms with E-state index in [2.05, 4.69) is 19.1 Å². The van der Waals surface area contributed by atoms with Crippen LogP contribution in [0.25, 0.3) is 0 Å². The molecule has 2 unspecified atom stereocenters. The van der Waals surface area contributed by atoms with Crippen molar-refractivity contribution in [1.82, 2.24) is 0 Å². The predicted molar refractivity (Wildman–Crippen MR) is 69.9 cm³/mol. The third-order valence-corrected chi connectivity index (χ3v) is 5.09. The summed E-state index contributed by atoms with van der Waals surface area (Å²) in [6.45, 7) is 2.21. The molecule has 0 heterocycles. The Bertz CT molecular complexity index is 512. The summed E-state index contributed by atoms with van der Waals surface area (Å²) in [5, 5.41) is 20.7. The van der Waals surface area contributed by atoms with Gasteiger partial charge in [-0.2, -0.15) is 5.26 Å². The summed E-state index contributed by atoms with van der Waals surface area (Å²) in [6.07, 6.45) is 4.43. The molecule has 0 radical (unpaired) electrons. The number of benzene rings is 1. The summed E-state index contributed by atoms with van der Waals surface area (Å²) in [7, 11) is 0. The van der Waals surface area contributed by atoms with E-state index in [1.807, 2.05) is 18.2 Å². The SMILES string of the molecule is CC1CCC(O)(C2(C#N)CCC2)c2ccccc21. The van der Waals surface area contributed by atoms with Gasteiger partial charge in [-0.25, -0.2) is 0 Å². The molecule has 0 spiro atoms. The number of hydrogen-bond donors (Lipinski definition) is 1. The quantitative estimate of drug-likeness (QED) is 0.818. The number of rotatable bonds is 1. The van der Waals surface area contributed by atoms with Crippen LogP contribution in [0, 0.1) is 16.7 Å². The smallest absolute Gasteiger partial charge is 0.108 e. The maximum atomic E-state index is 11.2. The molecule has 1 aromatic carbocycles. The molecular formula is C16H19NO. The minimum Gasteiger partial charge on any atom is -0.383 e. The minimum absolute atomic E-state index is 0.484. The molecule has 1 saturated carbocycles. The van der Waals surface area contributed by atoms with Gasteiger partial charge in [-0.1, -0.05) is 37.6 Å². The van der Waals surface area contributed by atoms with Crippen molar-refractivity contribution in [2.24, 2.45) is 5.41 Å². The highest BCUT2D eigenvalue weighted by molar-refractivity contribution is 5.41. The van der Waals surface area contributed by atoms with E-state index < -0.39 is 11.0 Å². The molecule has 1 fully saturated rings. The first kappa shape index (κ1) is 11.7. The summed E-state index contributed by atoms with van der Waals surface area (Å²) in [5.74, 6) is 0.484. The number of hydrogen-bond acceptors (Lipinski definition) is 2. The maximum Gasteiger partial charge on any atom is 0.108 e. The van der Waals surface area contributed by atoms with Gasteiger partial charge >= 0.3 is 0 Å². The summed E-state index contributed by atoms with van der Waals surface area (Å²) in [4.78, 5) is 0. The van der Waals surface area contributed by atoms with Crippen molar-refractivity contribution >= 4 is 0 Å². The monoisotopic (exact) mass is 241 g/mol. The summed E-state index contributed by atoms with van der Waals surface area (Å²) in [5.41, 5.74) is 0.768. The lowest BCUT2D eigenvalue weighted by molar-refractivity contribution is -0.113. The van der Waals surface area contributed by atoms with Gasteiger partial charge in [0.25, 0.3) is 0 Å². The zero-order valence-electron chi connectivity index (χ0n) is 10.8. The summed E-state index contributed by atoms with van der Waals surface area (Å²) < 4.78 is 0. The molecular weight excluding hydrogens is 222 g/mol. The molecule has 0 aliphatic heterocycles. The third kappa shape index (κ3) is 1.31. The molecule has 2 nitrogen and oxygen atoms in total. The van der Waals surface area contributed by atoms with Crippen LogP contribution in [0.3, 0.4) is 0 Å². The van der Waals surface area contributed by atoms with Crippen LogP contribution in [0.1, 0.15) is 56.1 Å². The summed E-state index contributed by atoms with van der Waals surface area (Å²) in [6, 6.07) is 10.6. The first-order valence-corrected chi connectivity index (χ1v) is 6.86. The van der Waals surface area contributed by atoms with Gasteiger partial charge in [0.15, 0.2) is 0 Å². The van der Waals surface area contributed by atoms with Gasteiger partial charge in [-0.05, 0) is 42.7 Å². The standard InChI is InChI=1S/C16H19NO/c1-12-7-10-16(18,15(11-17)8-4-9-15)14-6-3-2-5-13(12)14/h2-3,5-6,12,18H,4,7-10H2,1H3. The number of nitrogens with zero attached hydrogens (tertiary/aromatic N) is 1. The average Bonchev–Trinajstić information content (AvgIpc) is 2.34. The Morgan fingerprint density at radius 1 is 1.28 bits per heavy atom. The lowest BCUT2D eigenvalue weighted by Gasteiger charge is -2.51. The molecule has 2 aliphatic rings. The van der Waals surface area contributed by atoms with Crippen molar-refractivity contribution in [3.8, 4) is 6.07 Å². The first-order valence-electron chi connectivity index (χ1n) is 6.86. The second-order valence-corrected chi connectivity index (χ2v) is 5.93. The van der Waals surface area contributed by atoms with E-state index in [0.29, 0.717) is 5.92 Å². The van der Waals surface area contributed by atoms with Crippen molar-refractivity contribution in [3.05, 3.63) is 35.4 Å². The maximum absolute atomic E-state index is 11.2. The Morgan fingerprint density at radius 3 is 2.61 bits per heavy atom. The highest BCUT2D eigenvalue weighted by atomic mass is 16.3. The van der Waals surface area contributed by atoms with Gasteiger partial charge in [0.1, 0.15) is 5.60 Å². The van der Waals surface area contributed by atoms with E-state index in [0.717, 1.165) is 37.7 Å². The van der Waals surface area contributed by atoms with Crippen LogP contribution in [0.5, 0.6) is 0 Å². The molecule has 0 aromatic heterocycles. The van der Waals surface area contributed by atoms with Crippen molar-refractivity contribution in [1.29, 1.82) is 5.26 Å². The Labute approximate surface area is 108 Å². The fraction of sp³-hybridized carbons (Fsp3) is 0.562. The van der Waals surface area contributed by atoms with E-state index in [1.54, 1.807) is 0 Å². The normalized spacial score (nSPS) is 33.1. The molecule has 94 valence electrons. The van der Waals surface area contributed by atoms with Crippen LogP contribution in [-0.4, -0.2) is 5.11 Å². The van der Waals surface area contributed by atoms with E-state index in [-0.39, 0.29) is 0 Å². The average molecular weight is 241 g/mol. The number of aliphatic hydroxyl groups is 1. The van der Waals surface area contributed by atoms with Gasteiger partial charge in [0, 0.05) is 0 Å². The topological polar surface area (TPSA) is 44.0 Å². The van der Waals surface area contributed by atoms with Gasteiger partial charge in [-0.15, -0.1) is 0 Å². The van der Waals surface area contributed by atoms with Crippen LogP contribution >= 0.6 is 0 Å². The first-order chi connectivity index (χ1) is 8.63. The largest absolute Gasteiger partial charge is 0.383 e. The molecule has 18 heavy (non-hydrogen) atoms. The van der Waals surface area contributed by atoms with Gasteiger partial charge in [0.2, 0.25) is 0 Å². The zero-order chi connectivity index (χ0) is 12.8. The Balaban J connectivity index is 2.15. The molecule has 3 rings (SSSR count). The van der Waals surface area contributed by atoms with Crippen LogP contribution in [0.15, 0.2) is 24.3 Å². The fourth-order valence-electron chi connectivity index (χ4n) is 3.66. The third-order valence-electron chi connectivity index (χ3n) is 5.09.